The molecule has 0 aliphatic rings. The molecule has 162 valence electrons. The Morgan fingerprint density at radius 1 is 0.903 bits per heavy atom. The number of amides is 1. The molecule has 0 unspecified atom stereocenters. The summed E-state index contributed by atoms with van der Waals surface area (Å²) in [7, 11) is -3.64. The third kappa shape index (κ3) is 7.25. The number of ether oxygens (including phenoxy) is 1. The second-order valence-electron chi connectivity index (χ2n) is 6.60. The highest BCUT2D eigenvalue weighted by Crippen LogP contribution is 2.22. The minimum absolute atomic E-state index is 0.117. The summed E-state index contributed by atoms with van der Waals surface area (Å²) in [6, 6.07) is 20.1. The van der Waals surface area contributed by atoms with E-state index in [4.69, 9.17) is 27.9 Å². The SMILES string of the molecule is O=C(COc1ccc(S(=O)(=O)NCCc2ccccc2)cc1)Nc1cc(Cl)cc(Cl)c1. The van der Waals surface area contributed by atoms with Crippen LogP contribution in [0.4, 0.5) is 5.69 Å². The molecule has 2 N–H and O–H groups in total. The highest BCUT2D eigenvalue weighted by Gasteiger charge is 2.14. The fourth-order valence-electron chi connectivity index (χ4n) is 2.74. The fourth-order valence-corrected chi connectivity index (χ4v) is 4.30. The number of halogens is 2. The summed E-state index contributed by atoms with van der Waals surface area (Å²) in [5, 5.41) is 3.43. The van der Waals surface area contributed by atoms with E-state index in [9.17, 15) is 13.2 Å². The Morgan fingerprint density at radius 2 is 1.55 bits per heavy atom. The van der Waals surface area contributed by atoms with Gasteiger partial charge in [-0.2, -0.15) is 0 Å². The lowest BCUT2D eigenvalue weighted by atomic mass is 10.2. The number of hydrogen-bond acceptors (Lipinski definition) is 4. The van der Waals surface area contributed by atoms with Crippen LogP contribution in [0, 0.1) is 0 Å². The first-order chi connectivity index (χ1) is 14.8. The minimum Gasteiger partial charge on any atom is -0.484 e. The van der Waals surface area contributed by atoms with Gasteiger partial charge in [-0.25, -0.2) is 13.1 Å². The van der Waals surface area contributed by atoms with E-state index in [0.717, 1.165) is 5.56 Å². The van der Waals surface area contributed by atoms with Crippen molar-refractivity contribution in [2.45, 2.75) is 11.3 Å². The van der Waals surface area contributed by atoms with E-state index in [0.29, 0.717) is 27.9 Å². The first-order valence-corrected chi connectivity index (χ1v) is 11.6. The third-order valence-corrected chi connectivity index (χ3v) is 6.11. The zero-order chi connectivity index (χ0) is 22.3. The maximum atomic E-state index is 12.4. The second-order valence-corrected chi connectivity index (χ2v) is 9.24. The molecular formula is C22H20Cl2N2O4S. The lowest BCUT2D eigenvalue weighted by Gasteiger charge is -2.10. The van der Waals surface area contributed by atoms with E-state index in [1.165, 1.54) is 24.3 Å². The molecule has 31 heavy (non-hydrogen) atoms. The monoisotopic (exact) mass is 478 g/mol. The quantitative estimate of drug-likeness (QED) is 0.472. The van der Waals surface area contributed by atoms with Crippen LogP contribution in [0.25, 0.3) is 0 Å². The minimum atomic E-state index is -3.64. The molecule has 9 heteroatoms. The number of nitrogens with one attached hydrogen (secondary N) is 2. The molecule has 0 aliphatic heterocycles. The summed E-state index contributed by atoms with van der Waals surface area (Å²) in [5.74, 6) is -0.0416. The van der Waals surface area contributed by atoms with Crippen molar-refractivity contribution in [1.29, 1.82) is 0 Å². The number of rotatable bonds is 9. The second kappa shape index (κ2) is 10.6. The topological polar surface area (TPSA) is 84.5 Å². The molecular weight excluding hydrogens is 459 g/mol. The van der Waals surface area contributed by atoms with Gasteiger partial charge in [0.1, 0.15) is 5.75 Å². The van der Waals surface area contributed by atoms with Crippen LogP contribution in [0.5, 0.6) is 5.75 Å². The summed E-state index contributed by atoms with van der Waals surface area (Å²) >= 11 is 11.8. The normalized spacial score (nSPS) is 11.2. The van der Waals surface area contributed by atoms with Gasteiger partial charge in [0.15, 0.2) is 6.61 Å². The molecule has 0 fully saturated rings. The smallest absolute Gasteiger partial charge is 0.262 e. The Hall–Kier alpha value is -2.58. The van der Waals surface area contributed by atoms with E-state index < -0.39 is 15.9 Å². The van der Waals surface area contributed by atoms with Gasteiger partial charge in [0.25, 0.3) is 5.91 Å². The molecule has 3 aromatic rings. The molecule has 0 bridgehead atoms. The number of hydrogen-bond donors (Lipinski definition) is 2. The van der Waals surface area contributed by atoms with Crippen molar-refractivity contribution in [1.82, 2.24) is 4.72 Å². The van der Waals surface area contributed by atoms with Crippen LogP contribution in [0.2, 0.25) is 10.0 Å². The Kier molecular flexibility index (Phi) is 7.92. The molecule has 0 heterocycles. The largest absolute Gasteiger partial charge is 0.484 e. The van der Waals surface area contributed by atoms with Gasteiger partial charge in [-0.3, -0.25) is 4.79 Å². The van der Waals surface area contributed by atoms with E-state index in [-0.39, 0.29) is 18.0 Å². The van der Waals surface area contributed by atoms with Crippen LogP contribution in [-0.4, -0.2) is 27.5 Å². The molecule has 0 saturated carbocycles. The van der Waals surface area contributed by atoms with Crippen LogP contribution in [-0.2, 0) is 21.2 Å². The summed E-state index contributed by atoms with van der Waals surface area (Å²) in [6.45, 7) is 0.0316. The third-order valence-electron chi connectivity index (χ3n) is 4.20. The van der Waals surface area contributed by atoms with Crippen molar-refractivity contribution in [2.75, 3.05) is 18.5 Å². The molecule has 3 aromatic carbocycles. The van der Waals surface area contributed by atoms with Gasteiger partial charge in [0.2, 0.25) is 10.0 Å². The van der Waals surface area contributed by atoms with Gasteiger partial charge < -0.3 is 10.1 Å². The number of carbonyl (C=O) groups excluding carboxylic acids is 1. The van der Waals surface area contributed by atoms with Gasteiger partial charge in [-0.15, -0.1) is 0 Å². The highest BCUT2D eigenvalue weighted by molar-refractivity contribution is 7.89. The zero-order valence-corrected chi connectivity index (χ0v) is 18.7. The lowest BCUT2D eigenvalue weighted by molar-refractivity contribution is -0.118. The molecule has 0 aromatic heterocycles. The standard InChI is InChI=1S/C22H20Cl2N2O4S/c23-17-12-18(24)14-19(13-17)26-22(27)15-30-20-6-8-21(9-7-20)31(28,29)25-11-10-16-4-2-1-3-5-16/h1-9,12-14,25H,10-11,15H2,(H,26,27). The van der Waals surface area contributed by atoms with Gasteiger partial charge in [-0.1, -0.05) is 53.5 Å². The number of anilines is 1. The van der Waals surface area contributed by atoms with Crippen LogP contribution in [0.15, 0.2) is 77.7 Å². The molecule has 1 amide bonds. The molecule has 0 radical (unpaired) electrons. The summed E-state index contributed by atoms with van der Waals surface area (Å²) in [6.07, 6.45) is 0.591. The fraction of sp³-hybridized carbons (Fsp3) is 0.136. The summed E-state index contributed by atoms with van der Waals surface area (Å²) in [4.78, 5) is 12.2. The molecule has 0 saturated heterocycles. The van der Waals surface area contributed by atoms with Crippen molar-refractivity contribution < 1.29 is 17.9 Å². The Balaban J connectivity index is 1.50. The zero-order valence-electron chi connectivity index (χ0n) is 16.3. The summed E-state index contributed by atoms with van der Waals surface area (Å²) in [5.41, 5.74) is 1.50. The molecule has 3 rings (SSSR count). The van der Waals surface area contributed by atoms with Crippen molar-refractivity contribution in [3.63, 3.8) is 0 Å². The van der Waals surface area contributed by atoms with Crippen LogP contribution < -0.4 is 14.8 Å². The molecule has 0 aliphatic carbocycles. The van der Waals surface area contributed by atoms with E-state index in [1.807, 2.05) is 30.3 Å². The maximum absolute atomic E-state index is 12.4. The predicted molar refractivity (Wildman–Crippen MR) is 122 cm³/mol. The van der Waals surface area contributed by atoms with Crippen molar-refractivity contribution in [2.24, 2.45) is 0 Å². The highest BCUT2D eigenvalue weighted by atomic mass is 35.5. The van der Waals surface area contributed by atoms with E-state index in [2.05, 4.69) is 10.0 Å². The Labute approximate surface area is 191 Å². The first-order valence-electron chi connectivity index (χ1n) is 9.34. The van der Waals surface area contributed by atoms with Crippen LogP contribution >= 0.6 is 23.2 Å². The van der Waals surface area contributed by atoms with Crippen LogP contribution in [0.3, 0.4) is 0 Å². The number of benzene rings is 3. The maximum Gasteiger partial charge on any atom is 0.262 e. The van der Waals surface area contributed by atoms with Gasteiger partial charge in [-0.05, 0) is 54.4 Å². The first kappa shape index (κ1) is 23.1. The summed E-state index contributed by atoms with van der Waals surface area (Å²) < 4.78 is 32.8. The van der Waals surface area contributed by atoms with Crippen molar-refractivity contribution >= 4 is 44.8 Å². The molecule has 0 spiro atoms. The van der Waals surface area contributed by atoms with Gasteiger partial charge >= 0.3 is 0 Å². The Morgan fingerprint density at radius 3 is 2.19 bits per heavy atom. The average molecular weight is 479 g/mol. The van der Waals surface area contributed by atoms with E-state index >= 15 is 0 Å². The predicted octanol–water partition coefficient (Wildman–Crippen LogP) is 4.53. The van der Waals surface area contributed by atoms with Crippen molar-refractivity contribution in [3.05, 3.63) is 88.4 Å². The molecule has 0 atom stereocenters. The number of sulfonamides is 1. The Bertz CT molecular complexity index is 1120. The number of carbonyl (C=O) groups is 1. The van der Waals surface area contributed by atoms with Crippen LogP contribution in [0.1, 0.15) is 5.56 Å². The van der Waals surface area contributed by atoms with E-state index in [1.54, 1.807) is 18.2 Å². The molecule has 6 nitrogen and oxygen atoms in total. The van der Waals surface area contributed by atoms with Gasteiger partial charge in [0.05, 0.1) is 4.90 Å². The average Bonchev–Trinajstić information content (AvgIpc) is 2.72. The van der Waals surface area contributed by atoms with Gasteiger partial charge in [0, 0.05) is 22.3 Å². The van der Waals surface area contributed by atoms with Crippen molar-refractivity contribution in [3.8, 4) is 5.75 Å². The lowest BCUT2D eigenvalue weighted by Crippen LogP contribution is -2.26.